The number of piperidine rings is 1. The molecule has 126 valence electrons. The Morgan fingerprint density at radius 3 is 2.61 bits per heavy atom. The highest BCUT2D eigenvalue weighted by Crippen LogP contribution is 2.39. The van der Waals surface area contributed by atoms with Gasteiger partial charge in [-0.05, 0) is 44.4 Å². The van der Waals surface area contributed by atoms with E-state index in [1.807, 2.05) is 0 Å². The number of hydrogen-bond donors (Lipinski definition) is 2. The topological polar surface area (TPSA) is 83.3 Å². The third-order valence-electron chi connectivity index (χ3n) is 5.43. The highest BCUT2D eigenvalue weighted by molar-refractivity contribution is 5.74. The molecule has 0 spiro atoms. The standard InChI is InChI=1S/C16H25N5O2/c1-10-18-14(23-20-10)7-17-16(22)19-15-11-3-2-4-12(15)9-21(8-11)13-5-6-13/h11-13,15H,2-9H2,1H3,(H2,17,19,22)/t11-,12-/m0/s1. The Morgan fingerprint density at radius 1 is 1.26 bits per heavy atom. The van der Waals surface area contributed by atoms with Crippen LogP contribution in [0.1, 0.15) is 43.8 Å². The molecule has 3 aliphatic rings. The number of hydrogen-bond acceptors (Lipinski definition) is 5. The lowest BCUT2D eigenvalue weighted by Gasteiger charge is -2.47. The molecular formula is C16H25N5O2. The van der Waals surface area contributed by atoms with Crippen LogP contribution in [0.5, 0.6) is 0 Å². The van der Waals surface area contributed by atoms with Crippen molar-refractivity contribution in [1.29, 1.82) is 0 Å². The molecule has 2 saturated carbocycles. The highest BCUT2D eigenvalue weighted by atomic mass is 16.5. The molecule has 7 nitrogen and oxygen atoms in total. The summed E-state index contributed by atoms with van der Waals surface area (Å²) in [5, 5.41) is 9.77. The molecule has 7 heteroatoms. The van der Waals surface area contributed by atoms with Crippen LogP contribution < -0.4 is 10.6 Å². The first-order valence-corrected chi connectivity index (χ1v) is 8.76. The predicted octanol–water partition coefficient (Wildman–Crippen LogP) is 1.44. The van der Waals surface area contributed by atoms with Gasteiger partial charge in [0.15, 0.2) is 5.82 Å². The average molecular weight is 319 g/mol. The van der Waals surface area contributed by atoms with Gasteiger partial charge in [0.05, 0.1) is 6.54 Å². The van der Waals surface area contributed by atoms with Crippen LogP contribution in [0.15, 0.2) is 4.52 Å². The Balaban J connectivity index is 1.31. The second-order valence-corrected chi connectivity index (χ2v) is 7.22. The molecule has 1 saturated heterocycles. The van der Waals surface area contributed by atoms with Crippen molar-refractivity contribution in [2.45, 2.75) is 57.7 Å². The van der Waals surface area contributed by atoms with Crippen LogP contribution in [-0.2, 0) is 6.54 Å². The number of aromatic nitrogens is 2. The van der Waals surface area contributed by atoms with Crippen molar-refractivity contribution in [2.24, 2.45) is 11.8 Å². The molecule has 1 aromatic heterocycles. The van der Waals surface area contributed by atoms with Crippen molar-refractivity contribution in [3.63, 3.8) is 0 Å². The molecule has 0 aromatic carbocycles. The van der Waals surface area contributed by atoms with Gasteiger partial charge in [-0.2, -0.15) is 4.98 Å². The van der Waals surface area contributed by atoms with E-state index in [-0.39, 0.29) is 12.6 Å². The maximum Gasteiger partial charge on any atom is 0.315 e. The fraction of sp³-hybridized carbons (Fsp3) is 0.812. The van der Waals surface area contributed by atoms with E-state index in [0.29, 0.717) is 29.6 Å². The summed E-state index contributed by atoms with van der Waals surface area (Å²) in [7, 11) is 0. The summed E-state index contributed by atoms with van der Waals surface area (Å²) < 4.78 is 5.02. The van der Waals surface area contributed by atoms with Gasteiger partial charge in [-0.1, -0.05) is 11.6 Å². The van der Waals surface area contributed by atoms with E-state index in [1.165, 1.54) is 32.1 Å². The van der Waals surface area contributed by atoms with E-state index in [2.05, 4.69) is 25.7 Å². The van der Waals surface area contributed by atoms with Crippen molar-refractivity contribution >= 4 is 6.03 Å². The van der Waals surface area contributed by atoms with Crippen molar-refractivity contribution in [3.8, 4) is 0 Å². The number of rotatable bonds is 4. The molecule has 2 bridgehead atoms. The lowest BCUT2D eigenvalue weighted by molar-refractivity contribution is 0.0464. The largest absolute Gasteiger partial charge is 0.337 e. The van der Waals surface area contributed by atoms with Gasteiger partial charge >= 0.3 is 6.03 Å². The van der Waals surface area contributed by atoms with Gasteiger partial charge in [-0.3, -0.25) is 4.90 Å². The number of likely N-dealkylation sites (tertiary alicyclic amines) is 1. The van der Waals surface area contributed by atoms with Gasteiger partial charge in [0, 0.05) is 25.2 Å². The Hall–Kier alpha value is -1.63. The molecule has 2 N–H and O–H groups in total. The first kappa shape index (κ1) is 14.9. The average Bonchev–Trinajstić information content (AvgIpc) is 3.27. The molecule has 2 heterocycles. The molecule has 1 aromatic rings. The number of carbonyl (C=O) groups excluding carboxylic acids is 1. The zero-order valence-corrected chi connectivity index (χ0v) is 13.6. The lowest BCUT2D eigenvalue weighted by atomic mass is 9.73. The fourth-order valence-corrected chi connectivity index (χ4v) is 4.22. The molecule has 0 unspecified atom stereocenters. The summed E-state index contributed by atoms with van der Waals surface area (Å²) in [4.78, 5) is 19.0. The first-order valence-electron chi connectivity index (χ1n) is 8.76. The second-order valence-electron chi connectivity index (χ2n) is 7.22. The molecule has 4 rings (SSSR count). The molecule has 0 radical (unpaired) electrons. The summed E-state index contributed by atoms with van der Waals surface area (Å²) >= 11 is 0. The van der Waals surface area contributed by atoms with Gasteiger partial charge in [0.1, 0.15) is 0 Å². The smallest absolute Gasteiger partial charge is 0.315 e. The summed E-state index contributed by atoms with van der Waals surface area (Å²) in [5.74, 6) is 2.23. The Bertz CT molecular complexity index is 557. The van der Waals surface area contributed by atoms with E-state index in [9.17, 15) is 4.79 Å². The molecule has 2 atom stereocenters. The van der Waals surface area contributed by atoms with Crippen molar-refractivity contribution < 1.29 is 9.32 Å². The quantitative estimate of drug-likeness (QED) is 0.877. The first-order chi connectivity index (χ1) is 11.2. The summed E-state index contributed by atoms with van der Waals surface area (Å²) in [6.45, 7) is 4.34. The number of fused-ring (bicyclic) bond motifs is 2. The minimum atomic E-state index is -0.123. The van der Waals surface area contributed by atoms with Crippen LogP contribution in [0, 0.1) is 18.8 Å². The molecule has 23 heavy (non-hydrogen) atoms. The van der Waals surface area contributed by atoms with Crippen LogP contribution in [0.25, 0.3) is 0 Å². The van der Waals surface area contributed by atoms with Crippen molar-refractivity contribution in [2.75, 3.05) is 13.1 Å². The molecule has 3 fully saturated rings. The maximum absolute atomic E-state index is 12.2. The maximum atomic E-state index is 12.2. The molecule has 2 aliphatic carbocycles. The number of carbonyl (C=O) groups is 1. The van der Waals surface area contributed by atoms with E-state index in [0.717, 1.165) is 19.1 Å². The summed E-state index contributed by atoms with van der Waals surface area (Å²) in [6, 6.07) is 1.01. The Morgan fingerprint density at radius 2 is 2.00 bits per heavy atom. The van der Waals surface area contributed by atoms with Crippen molar-refractivity contribution in [1.82, 2.24) is 25.7 Å². The van der Waals surface area contributed by atoms with E-state index >= 15 is 0 Å². The number of urea groups is 1. The van der Waals surface area contributed by atoms with Crippen molar-refractivity contribution in [3.05, 3.63) is 11.7 Å². The zero-order valence-electron chi connectivity index (χ0n) is 13.6. The van der Waals surface area contributed by atoms with Gasteiger partial charge in [-0.25, -0.2) is 4.79 Å². The van der Waals surface area contributed by atoms with E-state index in [4.69, 9.17) is 4.52 Å². The third-order valence-corrected chi connectivity index (χ3v) is 5.43. The number of nitrogens with one attached hydrogen (secondary N) is 2. The Labute approximate surface area is 136 Å². The highest BCUT2D eigenvalue weighted by Gasteiger charge is 2.43. The van der Waals surface area contributed by atoms with Gasteiger partial charge in [0.2, 0.25) is 5.89 Å². The monoisotopic (exact) mass is 319 g/mol. The SMILES string of the molecule is Cc1noc(CNC(=O)NC2[C@H]3CCC[C@H]2CN(C2CC2)C3)n1. The lowest BCUT2D eigenvalue weighted by Crippen LogP contribution is -2.59. The molecule has 2 amide bonds. The molecule has 1 aliphatic heterocycles. The third kappa shape index (κ3) is 3.34. The van der Waals surface area contributed by atoms with Gasteiger partial charge in [-0.15, -0.1) is 0 Å². The van der Waals surface area contributed by atoms with Crippen LogP contribution in [0.4, 0.5) is 4.79 Å². The number of nitrogens with zero attached hydrogens (tertiary/aromatic N) is 3. The minimum absolute atomic E-state index is 0.123. The normalized spacial score (nSPS) is 30.9. The predicted molar refractivity (Wildman–Crippen MR) is 83.6 cm³/mol. The van der Waals surface area contributed by atoms with E-state index in [1.54, 1.807) is 6.92 Å². The summed E-state index contributed by atoms with van der Waals surface area (Å²) in [5.41, 5.74) is 0. The van der Waals surface area contributed by atoms with E-state index < -0.39 is 0 Å². The number of amides is 2. The van der Waals surface area contributed by atoms with Crippen LogP contribution in [-0.4, -0.2) is 46.2 Å². The number of aryl methyl sites for hydroxylation is 1. The second kappa shape index (κ2) is 6.11. The van der Waals surface area contributed by atoms with Crippen LogP contribution in [0.2, 0.25) is 0 Å². The zero-order chi connectivity index (χ0) is 15.8. The minimum Gasteiger partial charge on any atom is -0.337 e. The molecular weight excluding hydrogens is 294 g/mol. The van der Waals surface area contributed by atoms with Crippen LogP contribution in [0.3, 0.4) is 0 Å². The summed E-state index contributed by atoms with van der Waals surface area (Å²) in [6.07, 6.45) is 6.49. The Kier molecular flexibility index (Phi) is 3.97. The fourth-order valence-electron chi connectivity index (χ4n) is 4.22. The van der Waals surface area contributed by atoms with Gasteiger partial charge < -0.3 is 15.2 Å². The van der Waals surface area contributed by atoms with Gasteiger partial charge in [0.25, 0.3) is 0 Å². The van der Waals surface area contributed by atoms with Crippen LogP contribution >= 0.6 is 0 Å².